The van der Waals surface area contributed by atoms with Crippen molar-refractivity contribution in [3.8, 4) is 5.75 Å². The predicted molar refractivity (Wildman–Crippen MR) is 85.1 cm³/mol. The molecule has 4 N–H and O–H groups in total. The second kappa shape index (κ2) is 9.57. The summed E-state index contributed by atoms with van der Waals surface area (Å²) in [5.41, 5.74) is 3.40. The molecule has 0 aliphatic rings. The number of hydrogen-bond donors (Lipinski definition) is 3. The summed E-state index contributed by atoms with van der Waals surface area (Å²) in [5, 5.41) is 3.10. The van der Waals surface area contributed by atoms with Gasteiger partial charge in [-0.1, -0.05) is 0 Å². The molecule has 0 aromatic heterocycles. The van der Waals surface area contributed by atoms with Crippen LogP contribution in [0.25, 0.3) is 0 Å². The van der Waals surface area contributed by atoms with Gasteiger partial charge in [0.15, 0.2) is 0 Å². The SMILES string of the molecule is CCOCCCN=C(NN)Nc1ccc(OC)c(Br)c1. The van der Waals surface area contributed by atoms with Gasteiger partial charge in [-0.15, -0.1) is 0 Å². The zero-order valence-electron chi connectivity index (χ0n) is 11.8. The van der Waals surface area contributed by atoms with Crippen LogP contribution >= 0.6 is 15.9 Å². The van der Waals surface area contributed by atoms with Crippen LogP contribution in [0.3, 0.4) is 0 Å². The van der Waals surface area contributed by atoms with Crippen molar-refractivity contribution >= 4 is 27.6 Å². The van der Waals surface area contributed by atoms with E-state index in [2.05, 4.69) is 31.7 Å². The molecule has 0 radical (unpaired) electrons. The van der Waals surface area contributed by atoms with Gasteiger partial charge in [-0.3, -0.25) is 10.4 Å². The Morgan fingerprint density at radius 3 is 2.85 bits per heavy atom. The summed E-state index contributed by atoms with van der Waals surface area (Å²) in [4.78, 5) is 4.32. The molecule has 0 heterocycles. The van der Waals surface area contributed by atoms with Gasteiger partial charge in [0.25, 0.3) is 0 Å². The summed E-state index contributed by atoms with van der Waals surface area (Å²) in [6.45, 7) is 4.04. The Kier molecular flexibility index (Phi) is 8.01. The number of hydrazine groups is 1. The number of benzene rings is 1. The maximum absolute atomic E-state index is 5.44. The number of hydrogen-bond acceptors (Lipinski definition) is 4. The summed E-state index contributed by atoms with van der Waals surface area (Å²) in [7, 11) is 1.62. The van der Waals surface area contributed by atoms with Crippen LogP contribution in [0.4, 0.5) is 5.69 Å². The standard InChI is InChI=1S/C13H21BrN4O2/c1-3-20-8-4-7-16-13(18-15)17-10-5-6-12(19-2)11(14)9-10/h5-6,9H,3-4,7-8,15H2,1-2H3,(H2,16,17,18). The molecule has 0 unspecified atom stereocenters. The molecule has 0 saturated carbocycles. The first-order valence-electron chi connectivity index (χ1n) is 6.40. The van der Waals surface area contributed by atoms with E-state index in [9.17, 15) is 0 Å². The van der Waals surface area contributed by atoms with Crippen molar-refractivity contribution in [3.05, 3.63) is 22.7 Å². The Balaban J connectivity index is 2.54. The average Bonchev–Trinajstić information content (AvgIpc) is 2.46. The number of ether oxygens (including phenoxy) is 2. The molecule has 0 aliphatic carbocycles. The van der Waals surface area contributed by atoms with E-state index in [4.69, 9.17) is 15.3 Å². The summed E-state index contributed by atoms with van der Waals surface area (Å²) in [6, 6.07) is 5.64. The lowest BCUT2D eigenvalue weighted by molar-refractivity contribution is 0.146. The lowest BCUT2D eigenvalue weighted by atomic mass is 10.3. The molecule has 1 rings (SSSR count). The highest BCUT2D eigenvalue weighted by Crippen LogP contribution is 2.27. The molecule has 0 spiro atoms. The highest BCUT2D eigenvalue weighted by molar-refractivity contribution is 9.10. The van der Waals surface area contributed by atoms with Crippen LogP contribution < -0.4 is 21.3 Å². The van der Waals surface area contributed by atoms with E-state index in [1.807, 2.05) is 25.1 Å². The van der Waals surface area contributed by atoms with E-state index in [1.54, 1.807) is 7.11 Å². The van der Waals surface area contributed by atoms with Crippen LogP contribution in [0.1, 0.15) is 13.3 Å². The average molecular weight is 345 g/mol. The normalized spacial score (nSPS) is 11.3. The quantitative estimate of drug-likeness (QED) is 0.232. The summed E-state index contributed by atoms with van der Waals surface area (Å²) in [6.07, 6.45) is 0.854. The number of aliphatic imine (C=N–C) groups is 1. The number of nitrogens with two attached hydrogens (primary N) is 1. The van der Waals surface area contributed by atoms with Crippen molar-refractivity contribution in [3.63, 3.8) is 0 Å². The molecule has 20 heavy (non-hydrogen) atoms. The smallest absolute Gasteiger partial charge is 0.210 e. The number of halogens is 1. The van der Waals surface area contributed by atoms with Crippen LogP contribution in [-0.2, 0) is 4.74 Å². The third kappa shape index (κ3) is 5.77. The second-order valence-electron chi connectivity index (χ2n) is 3.90. The molecule has 0 fully saturated rings. The van der Waals surface area contributed by atoms with Crippen LogP contribution in [0.5, 0.6) is 5.75 Å². The third-order valence-electron chi connectivity index (χ3n) is 2.47. The van der Waals surface area contributed by atoms with Gasteiger partial charge < -0.3 is 14.8 Å². The molecular formula is C13H21BrN4O2. The Morgan fingerprint density at radius 1 is 1.45 bits per heavy atom. The fraction of sp³-hybridized carbons (Fsp3) is 0.462. The van der Waals surface area contributed by atoms with Gasteiger partial charge in [0.1, 0.15) is 5.75 Å². The number of rotatable bonds is 7. The van der Waals surface area contributed by atoms with Crippen LogP contribution in [0, 0.1) is 0 Å². The number of nitrogens with zero attached hydrogens (tertiary/aromatic N) is 1. The van der Waals surface area contributed by atoms with Gasteiger partial charge in [0, 0.05) is 25.4 Å². The maximum atomic E-state index is 5.44. The van der Waals surface area contributed by atoms with Crippen molar-refractivity contribution in [2.24, 2.45) is 10.8 Å². The molecule has 0 saturated heterocycles. The number of methoxy groups -OCH3 is 1. The van der Waals surface area contributed by atoms with Gasteiger partial charge in [-0.05, 0) is 47.5 Å². The second-order valence-corrected chi connectivity index (χ2v) is 4.75. The number of anilines is 1. The highest BCUT2D eigenvalue weighted by atomic mass is 79.9. The zero-order valence-corrected chi connectivity index (χ0v) is 13.4. The van der Waals surface area contributed by atoms with E-state index >= 15 is 0 Å². The topological polar surface area (TPSA) is 80.9 Å². The Hall–Kier alpha value is -1.31. The van der Waals surface area contributed by atoms with Crippen LogP contribution in [-0.4, -0.2) is 32.8 Å². The van der Waals surface area contributed by atoms with Crippen molar-refractivity contribution in [1.82, 2.24) is 5.43 Å². The third-order valence-corrected chi connectivity index (χ3v) is 3.09. The molecule has 7 heteroatoms. The lowest BCUT2D eigenvalue weighted by Crippen LogP contribution is -2.36. The van der Waals surface area contributed by atoms with E-state index in [-0.39, 0.29) is 0 Å². The highest BCUT2D eigenvalue weighted by Gasteiger charge is 2.03. The maximum Gasteiger partial charge on any atom is 0.210 e. The summed E-state index contributed by atoms with van der Waals surface area (Å²) < 4.78 is 11.3. The van der Waals surface area contributed by atoms with E-state index in [1.165, 1.54) is 0 Å². The van der Waals surface area contributed by atoms with Crippen molar-refractivity contribution in [1.29, 1.82) is 0 Å². The number of nitrogens with one attached hydrogen (secondary N) is 2. The summed E-state index contributed by atoms with van der Waals surface area (Å²) in [5.74, 6) is 6.73. The first-order chi connectivity index (χ1) is 9.71. The molecule has 6 nitrogen and oxygen atoms in total. The molecule has 112 valence electrons. The fourth-order valence-electron chi connectivity index (χ4n) is 1.50. The first-order valence-corrected chi connectivity index (χ1v) is 7.20. The van der Waals surface area contributed by atoms with E-state index in [0.29, 0.717) is 19.1 Å². The lowest BCUT2D eigenvalue weighted by Gasteiger charge is -2.11. The zero-order chi connectivity index (χ0) is 14.8. The van der Waals surface area contributed by atoms with Gasteiger partial charge >= 0.3 is 0 Å². The van der Waals surface area contributed by atoms with E-state index in [0.717, 1.165) is 28.9 Å². The molecular weight excluding hydrogens is 324 g/mol. The first kappa shape index (κ1) is 16.7. The van der Waals surface area contributed by atoms with Crippen molar-refractivity contribution < 1.29 is 9.47 Å². The fourth-order valence-corrected chi connectivity index (χ4v) is 2.04. The Bertz CT molecular complexity index is 440. The van der Waals surface area contributed by atoms with Gasteiger partial charge in [-0.25, -0.2) is 5.84 Å². The van der Waals surface area contributed by atoms with Gasteiger partial charge in [0.2, 0.25) is 5.96 Å². The molecule has 1 aromatic rings. The largest absolute Gasteiger partial charge is 0.496 e. The monoisotopic (exact) mass is 344 g/mol. The van der Waals surface area contributed by atoms with Crippen molar-refractivity contribution in [2.45, 2.75) is 13.3 Å². The minimum atomic E-state index is 0.513. The number of guanidine groups is 1. The van der Waals surface area contributed by atoms with Gasteiger partial charge in [0.05, 0.1) is 11.6 Å². The summed E-state index contributed by atoms with van der Waals surface area (Å²) >= 11 is 3.43. The Labute approximate surface area is 127 Å². The molecule has 1 aromatic carbocycles. The molecule has 0 amide bonds. The van der Waals surface area contributed by atoms with Gasteiger partial charge in [-0.2, -0.15) is 0 Å². The van der Waals surface area contributed by atoms with Crippen LogP contribution in [0.2, 0.25) is 0 Å². The molecule has 0 aliphatic heterocycles. The minimum absolute atomic E-state index is 0.513. The predicted octanol–water partition coefficient (Wildman–Crippen LogP) is 2.12. The van der Waals surface area contributed by atoms with Crippen LogP contribution in [0.15, 0.2) is 27.7 Å². The van der Waals surface area contributed by atoms with Crippen molar-refractivity contribution in [2.75, 3.05) is 32.2 Å². The Morgan fingerprint density at radius 2 is 2.25 bits per heavy atom. The minimum Gasteiger partial charge on any atom is -0.496 e. The van der Waals surface area contributed by atoms with E-state index < -0.39 is 0 Å². The molecule has 0 atom stereocenters. The molecule has 0 bridgehead atoms.